The van der Waals surface area contributed by atoms with Gasteiger partial charge in [0.25, 0.3) is 0 Å². The summed E-state index contributed by atoms with van der Waals surface area (Å²) in [5.74, 6) is 0.814. The lowest BCUT2D eigenvalue weighted by molar-refractivity contribution is -0.143. The van der Waals surface area contributed by atoms with Crippen LogP contribution in [-0.2, 0) is 19.8 Å². The van der Waals surface area contributed by atoms with Crippen molar-refractivity contribution in [2.75, 3.05) is 6.54 Å². The third-order valence-electron chi connectivity index (χ3n) is 3.51. The van der Waals surface area contributed by atoms with Crippen LogP contribution in [0.4, 0.5) is 13.2 Å². The average Bonchev–Trinajstić information content (AvgIpc) is 2.94. The Kier molecular flexibility index (Phi) is 3.79. The Morgan fingerprint density at radius 2 is 2.14 bits per heavy atom. The first-order valence-electron chi connectivity index (χ1n) is 6.84. The zero-order valence-electron chi connectivity index (χ0n) is 11.6. The first kappa shape index (κ1) is 14.6. The van der Waals surface area contributed by atoms with Crippen LogP contribution in [0, 0.1) is 5.92 Å². The van der Waals surface area contributed by atoms with Gasteiger partial charge in [-0.3, -0.25) is 4.68 Å². The average molecular weight is 315 g/mol. The lowest BCUT2D eigenvalue weighted by Crippen LogP contribution is -2.15. The van der Waals surface area contributed by atoms with Gasteiger partial charge in [0.05, 0.1) is 4.88 Å². The molecule has 2 heterocycles. The number of aromatic nitrogens is 2. The molecule has 1 aliphatic carbocycles. The van der Waals surface area contributed by atoms with Gasteiger partial charge >= 0.3 is 6.18 Å². The van der Waals surface area contributed by atoms with Gasteiger partial charge in [-0.05, 0) is 43.5 Å². The summed E-state index contributed by atoms with van der Waals surface area (Å²) in [4.78, 5) is 1.88. The predicted molar refractivity (Wildman–Crippen MR) is 76.0 cm³/mol. The van der Waals surface area contributed by atoms with Gasteiger partial charge in [0, 0.05) is 18.5 Å². The fourth-order valence-corrected chi connectivity index (χ4v) is 3.12. The van der Waals surface area contributed by atoms with Crippen molar-refractivity contribution in [2.45, 2.75) is 25.6 Å². The van der Waals surface area contributed by atoms with Crippen LogP contribution in [0.5, 0.6) is 0 Å². The fourth-order valence-electron chi connectivity index (χ4n) is 2.19. The number of nitrogens with zero attached hydrogens (tertiary/aromatic N) is 2. The number of aryl methyl sites for hydroxylation is 1. The Morgan fingerprint density at radius 3 is 2.76 bits per heavy atom. The van der Waals surface area contributed by atoms with Crippen molar-refractivity contribution in [3.05, 3.63) is 28.8 Å². The van der Waals surface area contributed by atoms with Crippen LogP contribution in [0.25, 0.3) is 10.6 Å². The maximum atomic E-state index is 12.8. The van der Waals surface area contributed by atoms with E-state index in [1.54, 1.807) is 0 Å². The smallest absolute Gasteiger partial charge is 0.312 e. The Balaban J connectivity index is 1.70. The summed E-state index contributed by atoms with van der Waals surface area (Å²) >= 11 is 1.49. The molecule has 114 valence electrons. The molecule has 0 aromatic carbocycles. The summed E-state index contributed by atoms with van der Waals surface area (Å²) < 4.78 is 39.2. The SMILES string of the molecule is Cn1nc(-c2ccc(CNCC3CC3)s2)cc1C(F)(F)F. The van der Waals surface area contributed by atoms with Crippen LogP contribution >= 0.6 is 11.3 Å². The Bertz CT molecular complexity index is 626. The summed E-state index contributed by atoms with van der Waals surface area (Å²) in [5, 5.41) is 7.34. The van der Waals surface area contributed by atoms with E-state index in [2.05, 4.69) is 10.4 Å². The highest BCUT2D eigenvalue weighted by molar-refractivity contribution is 7.15. The topological polar surface area (TPSA) is 29.9 Å². The van der Waals surface area contributed by atoms with Crippen LogP contribution in [0.15, 0.2) is 18.2 Å². The van der Waals surface area contributed by atoms with Gasteiger partial charge in [0.1, 0.15) is 11.4 Å². The molecule has 0 aliphatic heterocycles. The molecule has 1 saturated carbocycles. The van der Waals surface area contributed by atoms with Gasteiger partial charge in [0.15, 0.2) is 0 Å². The molecule has 21 heavy (non-hydrogen) atoms. The van der Waals surface area contributed by atoms with E-state index in [1.807, 2.05) is 12.1 Å². The Morgan fingerprint density at radius 1 is 1.38 bits per heavy atom. The van der Waals surface area contributed by atoms with Crippen molar-refractivity contribution in [2.24, 2.45) is 13.0 Å². The second-order valence-electron chi connectivity index (χ2n) is 5.38. The molecule has 0 atom stereocenters. The molecule has 3 rings (SSSR count). The highest BCUT2D eigenvalue weighted by Gasteiger charge is 2.35. The summed E-state index contributed by atoms with van der Waals surface area (Å²) in [6, 6.07) is 4.89. The molecule has 0 amide bonds. The first-order chi connectivity index (χ1) is 9.93. The summed E-state index contributed by atoms with van der Waals surface area (Å²) in [7, 11) is 1.32. The number of hydrogen-bond donors (Lipinski definition) is 1. The van der Waals surface area contributed by atoms with Crippen LogP contribution in [-0.4, -0.2) is 16.3 Å². The molecule has 3 nitrogen and oxygen atoms in total. The molecule has 1 aliphatic rings. The van der Waals surface area contributed by atoms with Crippen molar-refractivity contribution in [3.63, 3.8) is 0 Å². The molecule has 1 fully saturated rings. The lowest BCUT2D eigenvalue weighted by Gasteiger charge is -2.04. The van der Waals surface area contributed by atoms with Gasteiger partial charge in [-0.25, -0.2) is 0 Å². The Hall–Kier alpha value is -1.34. The number of thiophene rings is 1. The molecule has 7 heteroatoms. The van der Waals surface area contributed by atoms with Crippen molar-refractivity contribution >= 4 is 11.3 Å². The van der Waals surface area contributed by atoms with Gasteiger partial charge in [-0.15, -0.1) is 11.3 Å². The third-order valence-corrected chi connectivity index (χ3v) is 4.62. The molecular formula is C14H16F3N3S. The minimum atomic E-state index is -4.37. The number of rotatable bonds is 5. The normalized spacial score (nSPS) is 15.6. The van der Waals surface area contributed by atoms with Gasteiger partial charge in [-0.1, -0.05) is 0 Å². The zero-order valence-corrected chi connectivity index (χ0v) is 12.4. The minimum Gasteiger partial charge on any atom is -0.312 e. The maximum absolute atomic E-state index is 12.8. The van der Waals surface area contributed by atoms with E-state index in [4.69, 9.17) is 0 Å². The highest BCUT2D eigenvalue weighted by atomic mass is 32.1. The summed E-state index contributed by atoms with van der Waals surface area (Å²) in [6.45, 7) is 1.79. The Labute approximate surface area is 124 Å². The van der Waals surface area contributed by atoms with E-state index in [1.165, 1.54) is 31.2 Å². The summed E-state index contributed by atoms with van der Waals surface area (Å²) in [6.07, 6.45) is -1.76. The number of hydrogen-bond acceptors (Lipinski definition) is 3. The van der Waals surface area contributed by atoms with Crippen molar-refractivity contribution in [1.82, 2.24) is 15.1 Å². The maximum Gasteiger partial charge on any atom is 0.433 e. The van der Waals surface area contributed by atoms with E-state index in [9.17, 15) is 13.2 Å². The van der Waals surface area contributed by atoms with Crippen molar-refractivity contribution in [3.8, 4) is 10.6 Å². The monoisotopic (exact) mass is 315 g/mol. The molecule has 0 bridgehead atoms. The van der Waals surface area contributed by atoms with Crippen LogP contribution < -0.4 is 5.32 Å². The molecule has 0 unspecified atom stereocenters. The number of nitrogens with one attached hydrogen (secondary N) is 1. The third kappa shape index (κ3) is 3.47. The van der Waals surface area contributed by atoms with Crippen molar-refractivity contribution < 1.29 is 13.2 Å². The largest absolute Gasteiger partial charge is 0.433 e. The zero-order chi connectivity index (χ0) is 15.0. The first-order valence-corrected chi connectivity index (χ1v) is 7.66. The number of halogens is 3. The van der Waals surface area contributed by atoms with E-state index in [-0.39, 0.29) is 0 Å². The quantitative estimate of drug-likeness (QED) is 0.912. The standard InChI is InChI=1S/C14H16F3N3S/c1-20-13(14(15,16)17)6-11(19-20)12-5-4-10(21-12)8-18-7-9-2-3-9/h4-6,9,18H,2-3,7-8H2,1H3. The molecular weight excluding hydrogens is 299 g/mol. The van der Waals surface area contributed by atoms with E-state index in [0.717, 1.165) is 39.5 Å². The summed E-state index contributed by atoms with van der Waals surface area (Å²) in [5.41, 5.74) is -0.345. The molecule has 0 spiro atoms. The minimum absolute atomic E-state index is 0.378. The molecule has 2 aromatic rings. The predicted octanol–water partition coefficient (Wildman–Crippen LogP) is 3.67. The molecule has 2 aromatic heterocycles. The number of alkyl halides is 3. The highest BCUT2D eigenvalue weighted by Crippen LogP contribution is 2.34. The van der Waals surface area contributed by atoms with E-state index >= 15 is 0 Å². The molecule has 0 radical (unpaired) electrons. The lowest BCUT2D eigenvalue weighted by atomic mass is 10.3. The van der Waals surface area contributed by atoms with E-state index < -0.39 is 11.9 Å². The molecule has 0 saturated heterocycles. The molecule has 1 N–H and O–H groups in total. The van der Waals surface area contributed by atoms with Gasteiger partial charge in [0.2, 0.25) is 0 Å². The van der Waals surface area contributed by atoms with Crippen LogP contribution in [0.1, 0.15) is 23.4 Å². The van der Waals surface area contributed by atoms with Crippen LogP contribution in [0.3, 0.4) is 0 Å². The van der Waals surface area contributed by atoms with E-state index in [0.29, 0.717) is 5.69 Å². The van der Waals surface area contributed by atoms with Crippen LogP contribution in [0.2, 0.25) is 0 Å². The second-order valence-corrected chi connectivity index (χ2v) is 6.54. The fraction of sp³-hybridized carbons (Fsp3) is 0.500. The second kappa shape index (κ2) is 5.46. The van der Waals surface area contributed by atoms with Crippen molar-refractivity contribution in [1.29, 1.82) is 0 Å². The van der Waals surface area contributed by atoms with Gasteiger partial charge in [-0.2, -0.15) is 18.3 Å². The van der Waals surface area contributed by atoms with Gasteiger partial charge < -0.3 is 5.32 Å².